The van der Waals surface area contributed by atoms with Crippen molar-refractivity contribution in [3.8, 4) is 0 Å². The Morgan fingerprint density at radius 1 is 1.44 bits per heavy atom. The Kier molecular flexibility index (Phi) is 3.82. The van der Waals surface area contributed by atoms with Gasteiger partial charge in [-0.3, -0.25) is 4.79 Å². The van der Waals surface area contributed by atoms with Crippen LogP contribution in [-0.4, -0.2) is 36.6 Å². The number of hydrogen-bond acceptors (Lipinski definition) is 3. The lowest BCUT2D eigenvalue weighted by molar-refractivity contribution is -0.141. The van der Waals surface area contributed by atoms with Crippen molar-refractivity contribution < 1.29 is 14.3 Å². The van der Waals surface area contributed by atoms with Gasteiger partial charge in [0.25, 0.3) is 0 Å². The number of amides is 2. The summed E-state index contributed by atoms with van der Waals surface area (Å²) in [6.07, 6.45) is 0. The average molecular weight is 248 g/mol. The minimum atomic E-state index is -0.325. The van der Waals surface area contributed by atoms with Gasteiger partial charge in [-0.25, -0.2) is 4.79 Å². The van der Waals surface area contributed by atoms with Crippen molar-refractivity contribution in [2.45, 2.75) is 13.0 Å². The van der Waals surface area contributed by atoms with Crippen LogP contribution in [0.5, 0.6) is 0 Å². The summed E-state index contributed by atoms with van der Waals surface area (Å²) in [5, 5.41) is 2.90. The largest absolute Gasteiger partial charge is 0.464 e. The number of carbonyl (C=O) groups is 2. The van der Waals surface area contributed by atoms with Gasteiger partial charge in [-0.1, -0.05) is 30.3 Å². The highest BCUT2D eigenvalue weighted by Gasteiger charge is 2.29. The molecule has 1 N–H and O–H groups in total. The molecule has 1 aromatic carbocycles. The van der Waals surface area contributed by atoms with E-state index in [0.29, 0.717) is 13.1 Å². The number of carbonyl (C=O) groups excluding carboxylic acids is 2. The molecule has 1 saturated heterocycles. The summed E-state index contributed by atoms with van der Waals surface area (Å²) in [5.74, 6) is -0.325. The van der Waals surface area contributed by atoms with E-state index in [-0.39, 0.29) is 24.6 Å². The minimum Gasteiger partial charge on any atom is -0.464 e. The highest BCUT2D eigenvalue weighted by Crippen LogP contribution is 2.19. The Bertz CT molecular complexity index is 433. The zero-order valence-electron chi connectivity index (χ0n) is 10.3. The van der Waals surface area contributed by atoms with Gasteiger partial charge in [-0.15, -0.1) is 0 Å². The van der Waals surface area contributed by atoms with Crippen LogP contribution in [0.25, 0.3) is 0 Å². The van der Waals surface area contributed by atoms with E-state index in [1.54, 1.807) is 4.90 Å². The molecule has 96 valence electrons. The molecule has 0 spiro atoms. The lowest BCUT2D eigenvalue weighted by atomic mass is 10.1. The van der Waals surface area contributed by atoms with Crippen LogP contribution < -0.4 is 5.32 Å². The van der Waals surface area contributed by atoms with Crippen molar-refractivity contribution in [1.82, 2.24) is 10.2 Å². The molecule has 1 fully saturated rings. The van der Waals surface area contributed by atoms with E-state index in [1.165, 1.54) is 6.92 Å². The fraction of sp³-hybridized carbons (Fsp3) is 0.385. The van der Waals surface area contributed by atoms with Crippen molar-refractivity contribution in [1.29, 1.82) is 0 Å². The highest BCUT2D eigenvalue weighted by molar-refractivity contribution is 5.77. The number of nitrogens with one attached hydrogen (secondary N) is 1. The van der Waals surface area contributed by atoms with Gasteiger partial charge in [0.2, 0.25) is 0 Å². The normalized spacial score (nSPS) is 18.6. The van der Waals surface area contributed by atoms with Gasteiger partial charge in [-0.05, 0) is 5.56 Å². The van der Waals surface area contributed by atoms with Gasteiger partial charge >= 0.3 is 12.0 Å². The molecule has 0 radical (unpaired) electrons. The summed E-state index contributed by atoms with van der Waals surface area (Å²) >= 11 is 0. The number of hydrogen-bond donors (Lipinski definition) is 1. The third-order valence-corrected chi connectivity index (χ3v) is 2.86. The molecule has 0 aromatic heterocycles. The standard InChI is InChI=1S/C13H16N2O3/c1-10(16)18-8-7-15-9-12(14-13(15)17)11-5-3-2-4-6-11/h2-6,12H,7-9H2,1H3,(H,14,17). The van der Waals surface area contributed by atoms with Crippen LogP contribution in [0, 0.1) is 0 Å². The first-order valence-electron chi connectivity index (χ1n) is 5.90. The number of esters is 1. The van der Waals surface area contributed by atoms with Gasteiger partial charge in [-0.2, -0.15) is 0 Å². The molecule has 1 aliphatic rings. The first-order valence-corrected chi connectivity index (χ1v) is 5.90. The molecule has 2 rings (SSSR count). The predicted molar refractivity (Wildman–Crippen MR) is 65.9 cm³/mol. The molecular formula is C13H16N2O3. The van der Waals surface area contributed by atoms with E-state index in [1.807, 2.05) is 30.3 Å². The maximum atomic E-state index is 11.7. The molecule has 2 amide bonds. The van der Waals surface area contributed by atoms with Gasteiger partial charge < -0.3 is 15.0 Å². The molecule has 0 saturated carbocycles. The third kappa shape index (κ3) is 3.00. The number of urea groups is 1. The van der Waals surface area contributed by atoms with Crippen LogP contribution >= 0.6 is 0 Å². The minimum absolute atomic E-state index is 0.0102. The number of rotatable bonds is 4. The zero-order valence-corrected chi connectivity index (χ0v) is 10.3. The SMILES string of the molecule is CC(=O)OCCN1CC(c2ccccc2)NC1=O. The summed E-state index contributed by atoms with van der Waals surface area (Å²) in [4.78, 5) is 24.0. The van der Waals surface area contributed by atoms with Gasteiger partial charge in [0, 0.05) is 13.5 Å². The molecule has 0 bridgehead atoms. The van der Waals surface area contributed by atoms with Crippen molar-refractivity contribution in [3.05, 3.63) is 35.9 Å². The smallest absolute Gasteiger partial charge is 0.318 e. The van der Waals surface area contributed by atoms with E-state index < -0.39 is 0 Å². The van der Waals surface area contributed by atoms with Crippen molar-refractivity contribution in [2.75, 3.05) is 19.7 Å². The quantitative estimate of drug-likeness (QED) is 0.817. The third-order valence-electron chi connectivity index (χ3n) is 2.86. The molecule has 1 aliphatic heterocycles. The van der Waals surface area contributed by atoms with E-state index in [2.05, 4.69) is 5.32 Å². The second kappa shape index (κ2) is 5.53. The van der Waals surface area contributed by atoms with Gasteiger partial charge in [0.1, 0.15) is 6.61 Å². The molecule has 1 unspecified atom stereocenters. The van der Waals surface area contributed by atoms with Crippen LogP contribution in [0.3, 0.4) is 0 Å². The second-order valence-corrected chi connectivity index (χ2v) is 4.20. The van der Waals surface area contributed by atoms with Crippen LogP contribution in [-0.2, 0) is 9.53 Å². The molecule has 0 aliphatic carbocycles. The summed E-state index contributed by atoms with van der Waals surface area (Å²) in [6, 6.07) is 9.71. The Hall–Kier alpha value is -2.04. The zero-order chi connectivity index (χ0) is 13.0. The topological polar surface area (TPSA) is 58.6 Å². The fourth-order valence-corrected chi connectivity index (χ4v) is 1.96. The van der Waals surface area contributed by atoms with Crippen LogP contribution in [0.15, 0.2) is 30.3 Å². The lowest BCUT2D eigenvalue weighted by Crippen LogP contribution is -2.31. The van der Waals surface area contributed by atoms with E-state index in [9.17, 15) is 9.59 Å². The maximum Gasteiger partial charge on any atom is 0.318 e. The van der Waals surface area contributed by atoms with Crippen LogP contribution in [0.2, 0.25) is 0 Å². The first kappa shape index (κ1) is 12.4. The lowest BCUT2D eigenvalue weighted by Gasteiger charge is -2.14. The summed E-state index contributed by atoms with van der Waals surface area (Å²) in [5.41, 5.74) is 1.08. The summed E-state index contributed by atoms with van der Waals surface area (Å²) in [7, 11) is 0. The summed E-state index contributed by atoms with van der Waals surface area (Å²) in [6.45, 7) is 2.62. The van der Waals surface area contributed by atoms with Crippen molar-refractivity contribution in [3.63, 3.8) is 0 Å². The Morgan fingerprint density at radius 3 is 2.83 bits per heavy atom. The van der Waals surface area contributed by atoms with Crippen molar-refractivity contribution in [2.24, 2.45) is 0 Å². The van der Waals surface area contributed by atoms with E-state index in [4.69, 9.17) is 4.74 Å². The van der Waals surface area contributed by atoms with Crippen LogP contribution in [0.1, 0.15) is 18.5 Å². The first-order chi connectivity index (χ1) is 8.66. The molecule has 18 heavy (non-hydrogen) atoms. The molecule has 5 nitrogen and oxygen atoms in total. The summed E-state index contributed by atoms with van der Waals surface area (Å²) < 4.78 is 4.83. The maximum absolute atomic E-state index is 11.7. The molecule has 1 aromatic rings. The molecule has 1 atom stereocenters. The number of benzene rings is 1. The number of ether oxygens (including phenoxy) is 1. The second-order valence-electron chi connectivity index (χ2n) is 4.20. The predicted octanol–water partition coefficient (Wildman–Crippen LogP) is 1.32. The number of nitrogens with zero attached hydrogens (tertiary/aromatic N) is 1. The fourth-order valence-electron chi connectivity index (χ4n) is 1.96. The average Bonchev–Trinajstić information content (AvgIpc) is 2.72. The Balaban J connectivity index is 1.89. The Morgan fingerprint density at radius 2 is 2.17 bits per heavy atom. The van der Waals surface area contributed by atoms with Gasteiger partial charge in [0.15, 0.2) is 0 Å². The van der Waals surface area contributed by atoms with Gasteiger partial charge in [0.05, 0.1) is 12.6 Å². The van der Waals surface area contributed by atoms with Crippen LogP contribution in [0.4, 0.5) is 4.79 Å². The Labute approximate surface area is 106 Å². The molecular weight excluding hydrogens is 232 g/mol. The van der Waals surface area contributed by atoms with E-state index >= 15 is 0 Å². The molecule has 1 heterocycles. The highest BCUT2D eigenvalue weighted by atomic mass is 16.5. The molecule has 5 heteroatoms. The monoisotopic (exact) mass is 248 g/mol. The van der Waals surface area contributed by atoms with Crippen molar-refractivity contribution >= 4 is 12.0 Å². The van der Waals surface area contributed by atoms with E-state index in [0.717, 1.165) is 5.56 Å².